The highest BCUT2D eigenvalue weighted by Gasteiger charge is 2.46. The molecule has 0 spiro atoms. The van der Waals surface area contributed by atoms with Crippen LogP contribution in [-0.4, -0.2) is 25.4 Å². The van der Waals surface area contributed by atoms with Crippen molar-refractivity contribution in [2.24, 2.45) is 5.41 Å². The molecule has 10 heavy (non-hydrogen) atoms. The molecule has 2 rings (SSSR count). The van der Waals surface area contributed by atoms with Gasteiger partial charge >= 0.3 is 0 Å². The number of hydrogen-bond donors (Lipinski definition) is 0. The van der Waals surface area contributed by atoms with Crippen molar-refractivity contribution in [1.82, 2.24) is 0 Å². The fourth-order valence-electron chi connectivity index (χ4n) is 1.87. The standard InChI is InChI=1S/C8H14O2/c1-8(2)5-10-6-3-4-9-7(6)8/h6-7H,3-5H2,1-2H3. The molecule has 0 aliphatic carbocycles. The van der Waals surface area contributed by atoms with E-state index >= 15 is 0 Å². The van der Waals surface area contributed by atoms with Gasteiger partial charge < -0.3 is 9.47 Å². The van der Waals surface area contributed by atoms with Gasteiger partial charge in [0.05, 0.1) is 18.8 Å². The highest BCUT2D eigenvalue weighted by Crippen LogP contribution is 2.39. The third-order valence-electron chi connectivity index (χ3n) is 2.48. The molecular weight excluding hydrogens is 128 g/mol. The quantitative estimate of drug-likeness (QED) is 0.506. The molecule has 0 N–H and O–H groups in total. The Labute approximate surface area is 61.5 Å². The van der Waals surface area contributed by atoms with Gasteiger partial charge in [-0.05, 0) is 6.42 Å². The molecule has 2 aliphatic heterocycles. The molecule has 0 radical (unpaired) electrons. The lowest BCUT2D eigenvalue weighted by molar-refractivity contribution is 0.0387. The van der Waals surface area contributed by atoms with E-state index in [4.69, 9.17) is 9.47 Å². The third-order valence-corrected chi connectivity index (χ3v) is 2.48. The lowest BCUT2D eigenvalue weighted by atomic mass is 9.88. The fourth-order valence-corrected chi connectivity index (χ4v) is 1.87. The van der Waals surface area contributed by atoms with Crippen LogP contribution in [0.5, 0.6) is 0 Å². The minimum atomic E-state index is 0.251. The van der Waals surface area contributed by atoms with E-state index in [0.29, 0.717) is 12.2 Å². The van der Waals surface area contributed by atoms with Gasteiger partial charge in [-0.2, -0.15) is 0 Å². The summed E-state index contributed by atoms with van der Waals surface area (Å²) in [7, 11) is 0. The number of fused-ring (bicyclic) bond motifs is 1. The summed E-state index contributed by atoms with van der Waals surface area (Å²) < 4.78 is 11.1. The van der Waals surface area contributed by atoms with Crippen molar-refractivity contribution in [3.8, 4) is 0 Å². The van der Waals surface area contributed by atoms with E-state index in [1.54, 1.807) is 0 Å². The van der Waals surface area contributed by atoms with Crippen LogP contribution in [0.4, 0.5) is 0 Å². The Balaban J connectivity index is 2.16. The van der Waals surface area contributed by atoms with Gasteiger partial charge in [0, 0.05) is 12.0 Å². The van der Waals surface area contributed by atoms with Crippen LogP contribution in [-0.2, 0) is 9.47 Å². The average Bonchev–Trinajstić information content (AvgIpc) is 2.36. The van der Waals surface area contributed by atoms with Gasteiger partial charge in [-0.1, -0.05) is 13.8 Å². The van der Waals surface area contributed by atoms with Crippen molar-refractivity contribution in [2.75, 3.05) is 13.2 Å². The van der Waals surface area contributed by atoms with E-state index in [1.807, 2.05) is 0 Å². The number of ether oxygens (including phenoxy) is 2. The maximum Gasteiger partial charge on any atom is 0.0910 e. The molecular formula is C8H14O2. The molecule has 0 aromatic carbocycles. The largest absolute Gasteiger partial charge is 0.375 e. The van der Waals surface area contributed by atoms with Crippen LogP contribution in [0.1, 0.15) is 20.3 Å². The molecule has 0 bridgehead atoms. The fraction of sp³-hybridized carbons (Fsp3) is 1.00. The summed E-state index contributed by atoms with van der Waals surface area (Å²) in [5.74, 6) is 0. The van der Waals surface area contributed by atoms with E-state index in [9.17, 15) is 0 Å². The normalized spacial score (nSPS) is 43.8. The molecule has 2 nitrogen and oxygen atoms in total. The van der Waals surface area contributed by atoms with Crippen LogP contribution in [0.2, 0.25) is 0 Å². The summed E-state index contributed by atoms with van der Waals surface area (Å²) in [5, 5.41) is 0. The van der Waals surface area contributed by atoms with Crippen molar-refractivity contribution < 1.29 is 9.47 Å². The second-order valence-electron chi connectivity index (χ2n) is 3.92. The maximum atomic E-state index is 5.57. The molecule has 2 fully saturated rings. The lowest BCUT2D eigenvalue weighted by Gasteiger charge is -2.22. The zero-order chi connectivity index (χ0) is 7.19. The van der Waals surface area contributed by atoms with E-state index in [0.717, 1.165) is 19.6 Å². The van der Waals surface area contributed by atoms with Gasteiger partial charge in [0.25, 0.3) is 0 Å². The topological polar surface area (TPSA) is 18.5 Å². The van der Waals surface area contributed by atoms with Crippen LogP contribution in [0.15, 0.2) is 0 Å². The second-order valence-corrected chi connectivity index (χ2v) is 3.92. The minimum Gasteiger partial charge on any atom is -0.375 e. The summed E-state index contributed by atoms with van der Waals surface area (Å²) in [6.07, 6.45) is 1.86. The van der Waals surface area contributed by atoms with Gasteiger partial charge in [0.15, 0.2) is 0 Å². The van der Waals surface area contributed by atoms with Crippen molar-refractivity contribution in [3.05, 3.63) is 0 Å². The Morgan fingerprint density at radius 3 is 2.80 bits per heavy atom. The van der Waals surface area contributed by atoms with Crippen molar-refractivity contribution >= 4 is 0 Å². The first-order valence-electron chi connectivity index (χ1n) is 3.93. The Bertz CT molecular complexity index is 142. The molecule has 2 unspecified atom stereocenters. The first-order chi connectivity index (χ1) is 4.70. The van der Waals surface area contributed by atoms with Gasteiger partial charge in [-0.25, -0.2) is 0 Å². The van der Waals surface area contributed by atoms with Crippen LogP contribution in [0.3, 0.4) is 0 Å². The Kier molecular flexibility index (Phi) is 1.29. The van der Waals surface area contributed by atoms with Crippen molar-refractivity contribution in [1.29, 1.82) is 0 Å². The summed E-state index contributed by atoms with van der Waals surface area (Å²) in [5.41, 5.74) is 0.251. The zero-order valence-corrected chi connectivity index (χ0v) is 6.59. The van der Waals surface area contributed by atoms with Crippen LogP contribution >= 0.6 is 0 Å². The minimum absolute atomic E-state index is 0.251. The van der Waals surface area contributed by atoms with Crippen LogP contribution in [0.25, 0.3) is 0 Å². The van der Waals surface area contributed by atoms with Crippen molar-refractivity contribution in [3.63, 3.8) is 0 Å². The zero-order valence-electron chi connectivity index (χ0n) is 6.59. The summed E-state index contributed by atoms with van der Waals surface area (Å²) >= 11 is 0. The maximum absolute atomic E-state index is 5.57. The summed E-state index contributed by atoms with van der Waals surface area (Å²) in [6, 6.07) is 0. The predicted octanol–water partition coefficient (Wildman–Crippen LogP) is 1.20. The third kappa shape index (κ3) is 0.789. The Hall–Kier alpha value is -0.0800. The highest BCUT2D eigenvalue weighted by molar-refractivity contribution is 4.94. The number of rotatable bonds is 0. The predicted molar refractivity (Wildman–Crippen MR) is 37.9 cm³/mol. The van der Waals surface area contributed by atoms with Gasteiger partial charge in [0.1, 0.15) is 0 Å². The lowest BCUT2D eigenvalue weighted by Crippen LogP contribution is -2.29. The molecule has 2 saturated heterocycles. The van der Waals surface area contributed by atoms with Gasteiger partial charge in [-0.15, -0.1) is 0 Å². The first kappa shape index (κ1) is 6.62. The molecule has 0 amide bonds. The molecule has 0 aromatic rings. The molecule has 2 heterocycles. The van der Waals surface area contributed by atoms with Gasteiger partial charge in [-0.3, -0.25) is 0 Å². The Morgan fingerprint density at radius 1 is 1.30 bits per heavy atom. The Morgan fingerprint density at radius 2 is 2.10 bits per heavy atom. The summed E-state index contributed by atoms with van der Waals surface area (Å²) in [4.78, 5) is 0. The SMILES string of the molecule is CC1(C)COC2CCOC21. The second kappa shape index (κ2) is 1.95. The average molecular weight is 142 g/mol. The highest BCUT2D eigenvalue weighted by atomic mass is 16.6. The van der Waals surface area contributed by atoms with Crippen LogP contribution < -0.4 is 0 Å². The van der Waals surface area contributed by atoms with Gasteiger partial charge in [0.2, 0.25) is 0 Å². The molecule has 0 aromatic heterocycles. The monoisotopic (exact) mass is 142 g/mol. The molecule has 2 aliphatic rings. The molecule has 2 atom stereocenters. The smallest absolute Gasteiger partial charge is 0.0910 e. The van der Waals surface area contributed by atoms with E-state index in [-0.39, 0.29) is 5.41 Å². The number of hydrogen-bond acceptors (Lipinski definition) is 2. The molecule has 2 heteroatoms. The van der Waals surface area contributed by atoms with Crippen LogP contribution in [0, 0.1) is 5.41 Å². The summed E-state index contributed by atoms with van der Waals surface area (Å²) in [6.45, 7) is 6.17. The first-order valence-corrected chi connectivity index (χ1v) is 3.93. The van der Waals surface area contributed by atoms with E-state index in [2.05, 4.69) is 13.8 Å². The molecule has 0 saturated carbocycles. The molecule has 58 valence electrons. The van der Waals surface area contributed by atoms with E-state index < -0.39 is 0 Å². The van der Waals surface area contributed by atoms with Crippen molar-refractivity contribution in [2.45, 2.75) is 32.5 Å². The van der Waals surface area contributed by atoms with E-state index in [1.165, 1.54) is 0 Å².